The van der Waals surface area contributed by atoms with Crippen molar-refractivity contribution < 1.29 is 0 Å². The number of aryl methyl sites for hydroxylation is 1. The van der Waals surface area contributed by atoms with Crippen molar-refractivity contribution in [3.8, 4) is 0 Å². The third-order valence-electron chi connectivity index (χ3n) is 2.36. The van der Waals surface area contributed by atoms with E-state index in [0.29, 0.717) is 0 Å². The summed E-state index contributed by atoms with van der Waals surface area (Å²) in [6.45, 7) is 2.90. The molecule has 17 heavy (non-hydrogen) atoms. The van der Waals surface area contributed by atoms with Gasteiger partial charge >= 0.3 is 0 Å². The summed E-state index contributed by atoms with van der Waals surface area (Å²) in [5.74, 6) is 0.903. The quantitative estimate of drug-likeness (QED) is 0.902. The summed E-state index contributed by atoms with van der Waals surface area (Å²) in [5.41, 5.74) is 1.23. The van der Waals surface area contributed by atoms with Crippen LogP contribution >= 0.6 is 23.1 Å². The first-order chi connectivity index (χ1) is 8.28. The molecule has 0 amide bonds. The van der Waals surface area contributed by atoms with E-state index in [1.165, 1.54) is 17.1 Å². The van der Waals surface area contributed by atoms with E-state index in [9.17, 15) is 0 Å². The Hall–Kier alpha value is -1.13. The molecule has 0 fully saturated rings. The molecule has 5 heteroatoms. The summed E-state index contributed by atoms with van der Waals surface area (Å²) in [4.78, 5) is 4.35. The Bertz CT molecular complexity index is 484. The van der Waals surface area contributed by atoms with Crippen LogP contribution in [-0.4, -0.2) is 15.9 Å². The third kappa shape index (κ3) is 3.68. The number of nitrogens with one attached hydrogen (secondary N) is 1. The van der Waals surface area contributed by atoms with Crippen molar-refractivity contribution in [3.63, 3.8) is 0 Å². The van der Waals surface area contributed by atoms with Gasteiger partial charge in [0.1, 0.15) is 5.82 Å². The molecular weight excluding hydrogens is 254 g/mol. The van der Waals surface area contributed by atoms with Crippen LogP contribution in [0.4, 0.5) is 5.13 Å². The lowest BCUT2D eigenvalue weighted by atomic mass is 10.1. The maximum Gasteiger partial charge on any atom is 0.202 e. The largest absolute Gasteiger partial charge is 0.360 e. The van der Waals surface area contributed by atoms with E-state index in [1.54, 1.807) is 0 Å². The van der Waals surface area contributed by atoms with E-state index < -0.39 is 0 Å². The lowest BCUT2D eigenvalue weighted by molar-refractivity contribution is 0.978. The fourth-order valence-electron chi connectivity index (χ4n) is 1.48. The van der Waals surface area contributed by atoms with Crippen LogP contribution < -0.4 is 5.32 Å². The number of nitrogens with zero attached hydrogens (tertiary/aromatic N) is 2. The molecule has 0 radical (unpaired) electrons. The zero-order chi connectivity index (χ0) is 12.1. The van der Waals surface area contributed by atoms with Gasteiger partial charge < -0.3 is 5.32 Å². The average Bonchev–Trinajstić information content (AvgIpc) is 2.77. The summed E-state index contributed by atoms with van der Waals surface area (Å²) < 4.78 is 4.22. The van der Waals surface area contributed by atoms with E-state index in [0.717, 1.165) is 35.4 Å². The lowest BCUT2D eigenvalue weighted by Crippen LogP contribution is -2.04. The molecule has 2 aromatic rings. The predicted molar refractivity (Wildman–Crippen MR) is 72.9 cm³/mol. The van der Waals surface area contributed by atoms with E-state index in [-0.39, 0.29) is 0 Å². The number of aromatic nitrogens is 2. The maximum absolute atomic E-state index is 5.92. The maximum atomic E-state index is 5.92. The van der Waals surface area contributed by atoms with E-state index >= 15 is 0 Å². The molecule has 0 spiro atoms. The molecule has 1 N–H and O–H groups in total. The minimum Gasteiger partial charge on any atom is -0.360 e. The van der Waals surface area contributed by atoms with Crippen LogP contribution in [0, 0.1) is 0 Å². The summed E-state index contributed by atoms with van der Waals surface area (Å²) in [6, 6.07) is 7.92. The van der Waals surface area contributed by atoms with Crippen LogP contribution in [-0.2, 0) is 12.8 Å². The first-order valence-corrected chi connectivity index (χ1v) is 6.74. The van der Waals surface area contributed by atoms with Gasteiger partial charge in [-0.15, -0.1) is 0 Å². The SMILES string of the molecule is CCc1nsc(NCCc2cccc(Cl)c2)n1. The zero-order valence-corrected chi connectivity index (χ0v) is 11.2. The summed E-state index contributed by atoms with van der Waals surface area (Å²) >= 11 is 7.34. The first-order valence-electron chi connectivity index (χ1n) is 5.59. The summed E-state index contributed by atoms with van der Waals surface area (Å²) in [5, 5.41) is 4.95. The molecule has 0 atom stereocenters. The number of anilines is 1. The number of benzene rings is 1. The van der Waals surface area contributed by atoms with Gasteiger partial charge in [0.15, 0.2) is 0 Å². The van der Waals surface area contributed by atoms with Crippen molar-refractivity contribution in [3.05, 3.63) is 40.7 Å². The van der Waals surface area contributed by atoms with Crippen molar-refractivity contribution in [1.82, 2.24) is 9.36 Å². The summed E-state index contributed by atoms with van der Waals surface area (Å²) in [6.07, 6.45) is 1.81. The Labute approximate surface area is 110 Å². The highest BCUT2D eigenvalue weighted by Gasteiger charge is 2.01. The number of halogens is 1. The molecular formula is C12H14ClN3S. The zero-order valence-electron chi connectivity index (χ0n) is 9.61. The molecule has 0 saturated carbocycles. The molecule has 90 valence electrons. The Balaban J connectivity index is 1.83. The molecule has 0 unspecified atom stereocenters. The van der Waals surface area contributed by atoms with Crippen LogP contribution in [0.2, 0.25) is 5.02 Å². The van der Waals surface area contributed by atoms with Gasteiger partial charge in [-0.1, -0.05) is 30.7 Å². The second-order valence-electron chi connectivity index (χ2n) is 3.68. The summed E-state index contributed by atoms with van der Waals surface area (Å²) in [7, 11) is 0. The van der Waals surface area contributed by atoms with E-state index in [4.69, 9.17) is 11.6 Å². The van der Waals surface area contributed by atoms with Crippen molar-refractivity contribution in [2.24, 2.45) is 0 Å². The molecule has 1 aromatic carbocycles. The van der Waals surface area contributed by atoms with Gasteiger partial charge in [0.25, 0.3) is 0 Å². The second-order valence-corrected chi connectivity index (χ2v) is 4.86. The number of hydrogen-bond acceptors (Lipinski definition) is 4. The highest BCUT2D eigenvalue weighted by Crippen LogP contribution is 2.13. The highest BCUT2D eigenvalue weighted by atomic mass is 35.5. The van der Waals surface area contributed by atoms with Crippen LogP contribution in [0.3, 0.4) is 0 Å². The van der Waals surface area contributed by atoms with Crippen LogP contribution in [0.5, 0.6) is 0 Å². The highest BCUT2D eigenvalue weighted by molar-refractivity contribution is 7.09. The van der Waals surface area contributed by atoms with E-state index in [2.05, 4.69) is 27.7 Å². The molecule has 2 rings (SSSR count). The Morgan fingerprint density at radius 1 is 1.41 bits per heavy atom. The Kier molecular flexibility index (Phi) is 4.34. The fraction of sp³-hybridized carbons (Fsp3) is 0.333. The molecule has 3 nitrogen and oxygen atoms in total. The van der Waals surface area contributed by atoms with Gasteiger partial charge in [-0.3, -0.25) is 0 Å². The van der Waals surface area contributed by atoms with Crippen LogP contribution in [0.1, 0.15) is 18.3 Å². The van der Waals surface area contributed by atoms with Crippen molar-refractivity contribution in [1.29, 1.82) is 0 Å². The molecule has 0 aliphatic rings. The second kappa shape index (κ2) is 5.98. The van der Waals surface area contributed by atoms with Crippen LogP contribution in [0.25, 0.3) is 0 Å². The molecule has 1 aromatic heterocycles. The average molecular weight is 268 g/mol. The normalized spacial score (nSPS) is 10.5. The van der Waals surface area contributed by atoms with Gasteiger partial charge in [0.2, 0.25) is 5.13 Å². The minimum atomic E-state index is 0.784. The van der Waals surface area contributed by atoms with Crippen molar-refractivity contribution in [2.45, 2.75) is 19.8 Å². The van der Waals surface area contributed by atoms with E-state index in [1.807, 2.05) is 18.2 Å². The topological polar surface area (TPSA) is 37.8 Å². The first kappa shape index (κ1) is 12.3. The minimum absolute atomic E-state index is 0.784. The molecule has 0 saturated heterocycles. The van der Waals surface area contributed by atoms with Crippen LogP contribution in [0.15, 0.2) is 24.3 Å². The fourth-order valence-corrected chi connectivity index (χ4v) is 2.36. The van der Waals surface area contributed by atoms with Crippen molar-refractivity contribution >= 4 is 28.3 Å². The van der Waals surface area contributed by atoms with Gasteiger partial charge in [0.05, 0.1) is 0 Å². The Morgan fingerprint density at radius 2 is 2.29 bits per heavy atom. The molecule has 1 heterocycles. The molecule has 0 aliphatic heterocycles. The number of hydrogen-bond donors (Lipinski definition) is 1. The van der Waals surface area contributed by atoms with Gasteiger partial charge in [0, 0.05) is 29.5 Å². The van der Waals surface area contributed by atoms with Gasteiger partial charge in [-0.2, -0.15) is 4.37 Å². The lowest BCUT2D eigenvalue weighted by Gasteiger charge is -2.02. The standard InChI is InChI=1S/C12H14ClN3S/c1-2-11-15-12(17-16-11)14-7-6-9-4-3-5-10(13)8-9/h3-5,8H,2,6-7H2,1H3,(H,14,15,16). The predicted octanol–water partition coefficient (Wildman–Crippen LogP) is 3.41. The monoisotopic (exact) mass is 267 g/mol. The third-order valence-corrected chi connectivity index (χ3v) is 3.31. The van der Waals surface area contributed by atoms with Gasteiger partial charge in [-0.25, -0.2) is 4.98 Å². The number of rotatable bonds is 5. The molecule has 0 bridgehead atoms. The van der Waals surface area contributed by atoms with Crippen molar-refractivity contribution in [2.75, 3.05) is 11.9 Å². The Morgan fingerprint density at radius 3 is 3.00 bits per heavy atom. The molecule has 0 aliphatic carbocycles. The smallest absolute Gasteiger partial charge is 0.202 e. The van der Waals surface area contributed by atoms with Gasteiger partial charge in [-0.05, 0) is 24.1 Å².